The summed E-state index contributed by atoms with van der Waals surface area (Å²) in [5, 5.41) is 4.01. The summed E-state index contributed by atoms with van der Waals surface area (Å²) in [5.74, 6) is 1.05. The van der Waals surface area contributed by atoms with Crippen molar-refractivity contribution in [3.8, 4) is 11.5 Å². The number of rotatable bonds is 3. The lowest BCUT2D eigenvalue weighted by Crippen LogP contribution is -2.27. The number of aromatic nitrogens is 2. The zero-order valence-electron chi connectivity index (χ0n) is 12.7. The summed E-state index contributed by atoms with van der Waals surface area (Å²) in [6, 6.07) is 7.71. The lowest BCUT2D eigenvalue weighted by Gasteiger charge is -2.23. The molecule has 1 heterocycles. The summed E-state index contributed by atoms with van der Waals surface area (Å²) < 4.78 is 5.34. The lowest BCUT2D eigenvalue weighted by molar-refractivity contribution is 0.303. The van der Waals surface area contributed by atoms with Gasteiger partial charge in [0.15, 0.2) is 5.82 Å². The van der Waals surface area contributed by atoms with Crippen LogP contribution < -0.4 is 10.6 Å². The van der Waals surface area contributed by atoms with Crippen LogP contribution in [0.5, 0.6) is 0 Å². The summed E-state index contributed by atoms with van der Waals surface area (Å²) in [5.41, 5.74) is 8.03. The number of hydrogen-bond acceptors (Lipinski definition) is 5. The standard InChI is InChI=1S/C15H22N4O/c1-15(2,3)12(16)13-17-14(20-18-13)10-7-6-8-11(9-10)19(4)5/h6-9,12H,16H2,1-5H3. The Hall–Kier alpha value is -1.88. The maximum Gasteiger partial charge on any atom is 0.258 e. The molecule has 0 amide bonds. The van der Waals surface area contributed by atoms with E-state index in [1.165, 1.54) is 0 Å². The van der Waals surface area contributed by atoms with E-state index in [9.17, 15) is 0 Å². The summed E-state index contributed by atoms with van der Waals surface area (Å²) in [4.78, 5) is 6.46. The molecule has 1 unspecified atom stereocenters. The minimum atomic E-state index is -0.253. The molecule has 20 heavy (non-hydrogen) atoms. The van der Waals surface area contributed by atoms with Crippen molar-refractivity contribution in [3.05, 3.63) is 30.1 Å². The average Bonchev–Trinajstić information content (AvgIpc) is 2.86. The van der Waals surface area contributed by atoms with Gasteiger partial charge in [-0.25, -0.2) is 0 Å². The molecule has 5 heteroatoms. The molecule has 1 aromatic heterocycles. The number of nitrogens with zero attached hydrogens (tertiary/aromatic N) is 3. The molecule has 2 N–H and O–H groups in total. The van der Waals surface area contributed by atoms with E-state index in [4.69, 9.17) is 10.3 Å². The summed E-state index contributed by atoms with van der Waals surface area (Å²) >= 11 is 0. The molecule has 2 rings (SSSR count). The summed E-state index contributed by atoms with van der Waals surface area (Å²) in [6.07, 6.45) is 0. The predicted octanol–water partition coefficient (Wildman–Crippen LogP) is 2.85. The van der Waals surface area contributed by atoms with Gasteiger partial charge in [-0.3, -0.25) is 0 Å². The highest BCUT2D eigenvalue weighted by molar-refractivity contribution is 5.61. The van der Waals surface area contributed by atoms with Crippen molar-refractivity contribution >= 4 is 5.69 Å². The summed E-state index contributed by atoms with van der Waals surface area (Å²) in [7, 11) is 3.99. The number of hydrogen-bond donors (Lipinski definition) is 1. The first kappa shape index (κ1) is 14.5. The molecule has 0 saturated heterocycles. The van der Waals surface area contributed by atoms with Gasteiger partial charge in [0.2, 0.25) is 0 Å². The SMILES string of the molecule is CN(C)c1cccc(-c2nc(C(N)C(C)(C)C)no2)c1. The smallest absolute Gasteiger partial charge is 0.258 e. The van der Waals surface area contributed by atoms with E-state index in [1.54, 1.807) is 0 Å². The number of nitrogens with two attached hydrogens (primary N) is 1. The molecule has 0 saturated carbocycles. The van der Waals surface area contributed by atoms with Crippen LogP contribution in [0, 0.1) is 5.41 Å². The van der Waals surface area contributed by atoms with E-state index in [0.29, 0.717) is 11.7 Å². The minimum Gasteiger partial charge on any atom is -0.378 e. The van der Waals surface area contributed by atoms with Gasteiger partial charge >= 0.3 is 0 Å². The second-order valence-electron chi connectivity index (χ2n) is 6.25. The van der Waals surface area contributed by atoms with Crippen LogP contribution in [0.25, 0.3) is 11.5 Å². The Morgan fingerprint density at radius 2 is 1.95 bits per heavy atom. The highest BCUT2D eigenvalue weighted by atomic mass is 16.5. The summed E-state index contributed by atoms with van der Waals surface area (Å²) in [6.45, 7) is 6.17. The predicted molar refractivity (Wildman–Crippen MR) is 80.4 cm³/mol. The largest absolute Gasteiger partial charge is 0.378 e. The minimum absolute atomic E-state index is 0.105. The van der Waals surface area contributed by atoms with Crippen molar-refractivity contribution in [1.82, 2.24) is 10.1 Å². The Morgan fingerprint density at radius 1 is 1.25 bits per heavy atom. The molecule has 0 bridgehead atoms. The quantitative estimate of drug-likeness (QED) is 0.932. The van der Waals surface area contributed by atoms with Gasteiger partial charge in [-0.05, 0) is 23.6 Å². The third kappa shape index (κ3) is 2.99. The molecule has 0 spiro atoms. The van der Waals surface area contributed by atoms with Gasteiger partial charge in [0, 0.05) is 25.3 Å². The molecule has 108 valence electrons. The molecule has 0 aliphatic heterocycles. The van der Waals surface area contributed by atoms with Crippen molar-refractivity contribution in [2.75, 3.05) is 19.0 Å². The van der Waals surface area contributed by atoms with Crippen molar-refractivity contribution in [3.63, 3.8) is 0 Å². The van der Waals surface area contributed by atoms with E-state index in [-0.39, 0.29) is 11.5 Å². The Kier molecular flexibility index (Phi) is 3.81. The molecule has 0 fully saturated rings. The van der Waals surface area contributed by atoms with Crippen LogP contribution in [0.3, 0.4) is 0 Å². The number of anilines is 1. The molecule has 0 aliphatic rings. The maximum absolute atomic E-state index is 6.15. The molecule has 2 aromatic rings. The monoisotopic (exact) mass is 274 g/mol. The maximum atomic E-state index is 6.15. The first-order valence-corrected chi connectivity index (χ1v) is 6.66. The third-order valence-corrected chi connectivity index (χ3v) is 3.26. The molecule has 1 aromatic carbocycles. The van der Waals surface area contributed by atoms with Gasteiger partial charge in [-0.2, -0.15) is 4.98 Å². The highest BCUT2D eigenvalue weighted by Gasteiger charge is 2.27. The van der Waals surface area contributed by atoms with E-state index in [0.717, 1.165) is 11.3 Å². The zero-order chi connectivity index (χ0) is 14.9. The first-order valence-electron chi connectivity index (χ1n) is 6.66. The average molecular weight is 274 g/mol. The molecule has 1 atom stereocenters. The Labute approximate surface area is 119 Å². The second-order valence-corrected chi connectivity index (χ2v) is 6.25. The van der Waals surface area contributed by atoms with Crippen LogP contribution in [0.15, 0.2) is 28.8 Å². The molecule has 0 aliphatic carbocycles. The van der Waals surface area contributed by atoms with Crippen LogP contribution in [-0.2, 0) is 0 Å². The fraction of sp³-hybridized carbons (Fsp3) is 0.467. The van der Waals surface area contributed by atoms with Crippen LogP contribution in [0.4, 0.5) is 5.69 Å². The molecule has 5 nitrogen and oxygen atoms in total. The van der Waals surface area contributed by atoms with Gasteiger partial charge < -0.3 is 15.2 Å². The Balaban J connectivity index is 2.31. The van der Waals surface area contributed by atoms with Gasteiger partial charge in [0.25, 0.3) is 5.89 Å². The van der Waals surface area contributed by atoms with Crippen LogP contribution in [0.1, 0.15) is 32.6 Å². The first-order chi connectivity index (χ1) is 9.29. The lowest BCUT2D eigenvalue weighted by atomic mass is 9.87. The topological polar surface area (TPSA) is 68.2 Å². The van der Waals surface area contributed by atoms with E-state index in [1.807, 2.05) is 43.3 Å². The van der Waals surface area contributed by atoms with Gasteiger partial charge in [0.1, 0.15) is 0 Å². The Morgan fingerprint density at radius 3 is 2.55 bits per heavy atom. The van der Waals surface area contributed by atoms with Gasteiger partial charge in [0.05, 0.1) is 6.04 Å². The molecule has 0 radical (unpaired) electrons. The fourth-order valence-corrected chi connectivity index (χ4v) is 1.78. The van der Waals surface area contributed by atoms with Crippen LogP contribution in [-0.4, -0.2) is 24.2 Å². The molecular weight excluding hydrogens is 252 g/mol. The molecular formula is C15H22N4O. The van der Waals surface area contributed by atoms with Crippen molar-refractivity contribution in [2.24, 2.45) is 11.1 Å². The fourth-order valence-electron chi connectivity index (χ4n) is 1.78. The zero-order valence-corrected chi connectivity index (χ0v) is 12.7. The van der Waals surface area contributed by atoms with Gasteiger partial charge in [-0.1, -0.05) is 32.0 Å². The van der Waals surface area contributed by atoms with E-state index >= 15 is 0 Å². The van der Waals surface area contributed by atoms with Crippen LogP contribution >= 0.6 is 0 Å². The van der Waals surface area contributed by atoms with Gasteiger partial charge in [-0.15, -0.1) is 0 Å². The van der Waals surface area contributed by atoms with Crippen LogP contribution in [0.2, 0.25) is 0 Å². The van der Waals surface area contributed by atoms with Crippen molar-refractivity contribution in [2.45, 2.75) is 26.8 Å². The highest BCUT2D eigenvalue weighted by Crippen LogP contribution is 2.30. The second kappa shape index (κ2) is 5.25. The van der Waals surface area contributed by atoms with Crippen molar-refractivity contribution in [1.29, 1.82) is 0 Å². The number of benzene rings is 1. The van der Waals surface area contributed by atoms with E-state index in [2.05, 4.69) is 30.9 Å². The third-order valence-electron chi connectivity index (χ3n) is 3.26. The Bertz CT molecular complexity index is 584. The van der Waals surface area contributed by atoms with E-state index < -0.39 is 0 Å². The normalized spacial score (nSPS) is 13.3. The van der Waals surface area contributed by atoms with Crippen molar-refractivity contribution < 1.29 is 4.52 Å².